The van der Waals surface area contributed by atoms with E-state index in [1.54, 1.807) is 13.8 Å². The van der Waals surface area contributed by atoms with Gasteiger partial charge in [0.15, 0.2) is 0 Å². The van der Waals surface area contributed by atoms with Crippen LogP contribution in [0.4, 0.5) is 23.2 Å². The molecule has 0 saturated heterocycles. The van der Waals surface area contributed by atoms with Gasteiger partial charge in [0.1, 0.15) is 18.4 Å². The Balaban J connectivity index is 2.13. The van der Waals surface area contributed by atoms with Gasteiger partial charge >= 0.3 is 6.18 Å². The molecule has 0 aromatic heterocycles. The van der Waals surface area contributed by atoms with Crippen molar-refractivity contribution >= 4 is 39.1 Å². The highest BCUT2D eigenvalue weighted by molar-refractivity contribution is 7.92. The topological polar surface area (TPSA) is 86.8 Å². The first-order chi connectivity index (χ1) is 20.1. The number of hydrogen-bond donors (Lipinski definition) is 1. The van der Waals surface area contributed by atoms with Crippen molar-refractivity contribution in [3.63, 3.8) is 0 Å². The average molecular weight is 642 g/mol. The molecule has 0 heterocycles. The van der Waals surface area contributed by atoms with Gasteiger partial charge in [0, 0.05) is 18.2 Å². The van der Waals surface area contributed by atoms with Gasteiger partial charge in [-0.15, -0.1) is 0 Å². The van der Waals surface area contributed by atoms with Crippen LogP contribution in [-0.2, 0) is 32.3 Å². The van der Waals surface area contributed by atoms with Crippen LogP contribution < -0.4 is 9.62 Å². The van der Waals surface area contributed by atoms with Gasteiger partial charge in [0.2, 0.25) is 11.8 Å². The fraction of sp³-hybridized carbons (Fsp3) is 0.333. The van der Waals surface area contributed by atoms with Crippen LogP contribution in [0, 0.1) is 12.7 Å². The van der Waals surface area contributed by atoms with Crippen LogP contribution in [0.5, 0.6) is 0 Å². The lowest BCUT2D eigenvalue weighted by molar-refractivity contribution is -0.139. The maximum absolute atomic E-state index is 14.6. The lowest BCUT2D eigenvalue weighted by Gasteiger charge is -2.32. The van der Waals surface area contributed by atoms with Gasteiger partial charge < -0.3 is 10.2 Å². The fourth-order valence-electron chi connectivity index (χ4n) is 4.11. The molecule has 0 aliphatic heterocycles. The van der Waals surface area contributed by atoms with E-state index in [1.807, 2.05) is 6.92 Å². The van der Waals surface area contributed by atoms with E-state index in [0.717, 1.165) is 22.6 Å². The van der Waals surface area contributed by atoms with Crippen LogP contribution in [0.1, 0.15) is 43.9 Å². The van der Waals surface area contributed by atoms with Crippen molar-refractivity contribution in [3.05, 3.63) is 94.3 Å². The highest BCUT2D eigenvalue weighted by Crippen LogP contribution is 2.38. The molecule has 0 unspecified atom stereocenters. The predicted molar refractivity (Wildman–Crippen MR) is 156 cm³/mol. The van der Waals surface area contributed by atoms with Gasteiger partial charge in [-0.25, -0.2) is 12.8 Å². The Hall–Kier alpha value is -3.64. The Labute approximate surface area is 253 Å². The van der Waals surface area contributed by atoms with Crippen molar-refractivity contribution in [1.82, 2.24) is 10.2 Å². The zero-order chi connectivity index (χ0) is 32.1. The molecule has 13 heteroatoms. The summed E-state index contributed by atoms with van der Waals surface area (Å²) >= 11 is 5.78. The molecule has 232 valence electrons. The largest absolute Gasteiger partial charge is 0.417 e. The first-order valence-corrected chi connectivity index (χ1v) is 15.2. The summed E-state index contributed by atoms with van der Waals surface area (Å²) in [5.74, 6) is -2.18. The number of alkyl halides is 3. The lowest BCUT2D eigenvalue weighted by Crippen LogP contribution is -2.52. The van der Waals surface area contributed by atoms with E-state index in [9.17, 15) is 35.6 Å². The van der Waals surface area contributed by atoms with Crippen molar-refractivity contribution in [2.45, 2.75) is 63.8 Å². The molecular formula is C30H32ClF4N3O4S. The van der Waals surface area contributed by atoms with Crippen molar-refractivity contribution in [2.24, 2.45) is 0 Å². The molecule has 0 spiro atoms. The maximum Gasteiger partial charge on any atom is 0.417 e. The molecule has 0 saturated carbocycles. The zero-order valence-electron chi connectivity index (χ0n) is 24.0. The van der Waals surface area contributed by atoms with Gasteiger partial charge in [-0.3, -0.25) is 13.9 Å². The van der Waals surface area contributed by atoms with Gasteiger partial charge in [0.05, 0.1) is 21.2 Å². The van der Waals surface area contributed by atoms with E-state index in [2.05, 4.69) is 5.32 Å². The summed E-state index contributed by atoms with van der Waals surface area (Å²) in [6.07, 6.45) is -4.34. The normalized spacial score (nSPS) is 13.2. The molecule has 0 fully saturated rings. The number of carbonyl (C=O) groups is 2. The lowest BCUT2D eigenvalue weighted by atomic mass is 10.1. The molecule has 0 aliphatic carbocycles. The van der Waals surface area contributed by atoms with Crippen molar-refractivity contribution < 1.29 is 35.6 Å². The fourth-order valence-corrected chi connectivity index (χ4v) is 5.74. The summed E-state index contributed by atoms with van der Waals surface area (Å²) in [6.45, 7) is 5.31. The minimum atomic E-state index is -4.92. The SMILES string of the molecule is CC[C@H](C)NC(=O)[C@H](C)N(Cc1ccccc1F)C(=O)CN(c1ccc(Cl)c(C(F)(F)F)c1)S(=O)(=O)c1ccc(C)cc1. The number of rotatable bonds is 11. The number of anilines is 1. The van der Waals surface area contributed by atoms with Gasteiger partial charge in [0.25, 0.3) is 10.0 Å². The molecule has 7 nitrogen and oxygen atoms in total. The van der Waals surface area contributed by atoms with Gasteiger partial charge in [-0.2, -0.15) is 13.2 Å². The quantitative estimate of drug-likeness (QED) is 0.248. The van der Waals surface area contributed by atoms with Crippen molar-refractivity contribution in [2.75, 3.05) is 10.8 Å². The first kappa shape index (κ1) is 33.9. The van der Waals surface area contributed by atoms with Crippen LogP contribution in [0.2, 0.25) is 5.02 Å². The average Bonchev–Trinajstić information content (AvgIpc) is 2.94. The number of hydrogen-bond acceptors (Lipinski definition) is 4. The number of aryl methyl sites for hydroxylation is 1. The number of sulfonamides is 1. The van der Waals surface area contributed by atoms with Gasteiger partial charge in [-0.1, -0.05) is 54.4 Å². The summed E-state index contributed by atoms with van der Waals surface area (Å²) in [5, 5.41) is 2.08. The Kier molecular flexibility index (Phi) is 10.8. The molecule has 1 N–H and O–H groups in total. The van der Waals surface area contributed by atoms with Gasteiger partial charge in [-0.05, 0) is 63.6 Å². The maximum atomic E-state index is 14.6. The van der Waals surface area contributed by atoms with Crippen LogP contribution >= 0.6 is 11.6 Å². The highest BCUT2D eigenvalue weighted by Gasteiger charge is 2.37. The summed E-state index contributed by atoms with van der Waals surface area (Å²) < 4.78 is 84.1. The van der Waals surface area contributed by atoms with E-state index in [0.29, 0.717) is 16.8 Å². The molecule has 3 aromatic carbocycles. The molecule has 2 amide bonds. The molecule has 3 aromatic rings. The monoisotopic (exact) mass is 641 g/mol. The summed E-state index contributed by atoms with van der Waals surface area (Å²) in [7, 11) is -4.62. The molecule has 43 heavy (non-hydrogen) atoms. The third-order valence-electron chi connectivity index (χ3n) is 6.90. The number of nitrogens with one attached hydrogen (secondary N) is 1. The molecule has 2 atom stereocenters. The van der Waals surface area contributed by atoms with Crippen LogP contribution in [0.15, 0.2) is 71.6 Å². The number of nitrogens with zero attached hydrogens (tertiary/aromatic N) is 2. The van der Waals surface area contributed by atoms with Crippen molar-refractivity contribution in [3.8, 4) is 0 Å². The van der Waals surface area contributed by atoms with Crippen LogP contribution in [-0.4, -0.2) is 43.8 Å². The number of amides is 2. The third-order valence-corrected chi connectivity index (χ3v) is 9.02. The summed E-state index contributed by atoms with van der Waals surface area (Å²) in [5.41, 5.74) is -0.997. The van der Waals surface area contributed by atoms with Crippen LogP contribution in [0.3, 0.4) is 0 Å². The van der Waals surface area contributed by atoms with E-state index >= 15 is 0 Å². The smallest absolute Gasteiger partial charge is 0.352 e. The second kappa shape index (κ2) is 13.8. The number of carbonyl (C=O) groups excluding carboxylic acids is 2. The number of halogens is 5. The minimum absolute atomic E-state index is 0.0535. The Morgan fingerprint density at radius 1 is 1.00 bits per heavy atom. The summed E-state index contributed by atoms with van der Waals surface area (Å²) in [4.78, 5) is 27.7. The second-order valence-electron chi connectivity index (χ2n) is 10.1. The van der Waals surface area contributed by atoms with E-state index < -0.39 is 69.2 Å². The highest BCUT2D eigenvalue weighted by atomic mass is 35.5. The molecule has 0 aliphatic rings. The van der Waals surface area contributed by atoms with E-state index in [-0.39, 0.29) is 16.5 Å². The Morgan fingerprint density at radius 2 is 1.63 bits per heavy atom. The molecule has 0 bridgehead atoms. The van der Waals surface area contributed by atoms with E-state index in [1.165, 1.54) is 55.5 Å². The van der Waals surface area contributed by atoms with Crippen LogP contribution in [0.25, 0.3) is 0 Å². The summed E-state index contributed by atoms with van der Waals surface area (Å²) in [6, 6.07) is 12.1. The second-order valence-corrected chi connectivity index (χ2v) is 12.4. The Morgan fingerprint density at radius 3 is 2.21 bits per heavy atom. The zero-order valence-corrected chi connectivity index (χ0v) is 25.5. The Bertz CT molecular complexity index is 1570. The molecule has 3 rings (SSSR count). The minimum Gasteiger partial charge on any atom is -0.352 e. The van der Waals surface area contributed by atoms with E-state index in [4.69, 9.17) is 11.6 Å². The predicted octanol–water partition coefficient (Wildman–Crippen LogP) is 6.33. The number of benzene rings is 3. The standard InChI is InChI=1S/C30H32ClF4N3O4S/c1-5-20(3)36-29(40)21(4)37(17-22-8-6-7-9-27(22)32)28(39)18-38(43(41,42)24-13-10-19(2)11-14-24)23-12-15-26(31)25(16-23)30(33,34)35/h6-16,20-21H,5,17-18H2,1-4H3,(H,36,40)/t20-,21-/m0/s1. The third kappa shape index (κ3) is 8.26. The molecular weight excluding hydrogens is 610 g/mol. The first-order valence-electron chi connectivity index (χ1n) is 13.4. The molecule has 0 radical (unpaired) electrons. The van der Waals surface area contributed by atoms with Crippen molar-refractivity contribution in [1.29, 1.82) is 0 Å².